The van der Waals surface area contributed by atoms with Gasteiger partial charge < -0.3 is 0 Å². The van der Waals surface area contributed by atoms with Gasteiger partial charge in [0.15, 0.2) is 0 Å². The summed E-state index contributed by atoms with van der Waals surface area (Å²) in [4.78, 5) is 0. The highest BCUT2D eigenvalue weighted by molar-refractivity contribution is 5.91. The van der Waals surface area contributed by atoms with Gasteiger partial charge in [0.2, 0.25) is 0 Å². The molecule has 0 radical (unpaired) electrons. The molecule has 0 saturated heterocycles. The van der Waals surface area contributed by atoms with Crippen LogP contribution in [0.4, 0.5) is 0 Å². The summed E-state index contributed by atoms with van der Waals surface area (Å²) in [6.45, 7) is 17.4. The van der Waals surface area contributed by atoms with Crippen LogP contribution in [0.3, 0.4) is 0 Å². The monoisotopic (exact) mass is 540 g/mol. The molecule has 0 atom stereocenters. The van der Waals surface area contributed by atoms with Gasteiger partial charge in [-0.25, -0.2) is 0 Å². The van der Waals surface area contributed by atoms with Crippen molar-refractivity contribution in [2.75, 3.05) is 0 Å². The average Bonchev–Trinajstić information content (AvgIpc) is 2.99. The quantitative estimate of drug-likeness (QED) is 0.194. The Morgan fingerprint density at radius 2 is 0.829 bits per heavy atom. The summed E-state index contributed by atoms with van der Waals surface area (Å²) in [5.74, 6) is 0. The third-order valence-corrected chi connectivity index (χ3v) is 7.31. The number of hydrogen-bond acceptors (Lipinski definition) is 0. The van der Waals surface area contributed by atoms with Crippen LogP contribution in [-0.2, 0) is 0 Å². The number of hydrogen-bond donors (Lipinski definition) is 0. The first kappa shape index (κ1) is 31.6. The maximum absolute atomic E-state index is 2.32. The van der Waals surface area contributed by atoms with E-state index < -0.39 is 0 Å². The second-order valence-corrected chi connectivity index (χ2v) is 11.1. The Hall–Kier alpha value is -3.90. The zero-order valence-corrected chi connectivity index (χ0v) is 26.5. The van der Waals surface area contributed by atoms with Crippen LogP contribution in [0.2, 0.25) is 0 Å². The van der Waals surface area contributed by atoms with Crippen molar-refractivity contribution in [3.63, 3.8) is 0 Å². The molecule has 0 nitrogen and oxygen atoms in total. The topological polar surface area (TPSA) is 0 Å². The Balaban J connectivity index is 0.000000598. The van der Waals surface area contributed by atoms with Gasteiger partial charge >= 0.3 is 0 Å². The SMILES string of the molecule is C/C(=C\c1cc(C)c(/C=C(\C)c2ccc3ccccc3c2)cc1C)c1ccc2ccccc2c1.CCC.CCCC. The first-order valence-electron chi connectivity index (χ1n) is 15.3. The van der Waals surface area contributed by atoms with Crippen LogP contribution < -0.4 is 0 Å². The summed E-state index contributed by atoms with van der Waals surface area (Å²) >= 11 is 0. The molecule has 0 unspecified atom stereocenters. The van der Waals surface area contributed by atoms with E-state index in [-0.39, 0.29) is 0 Å². The minimum atomic E-state index is 1.25. The minimum Gasteiger partial charge on any atom is -0.0656 e. The summed E-state index contributed by atoms with van der Waals surface area (Å²) < 4.78 is 0. The zero-order valence-electron chi connectivity index (χ0n) is 26.5. The van der Waals surface area contributed by atoms with Crippen molar-refractivity contribution in [1.82, 2.24) is 0 Å². The van der Waals surface area contributed by atoms with E-state index in [1.54, 1.807) is 0 Å². The van der Waals surface area contributed by atoms with Crippen LogP contribution in [0.25, 0.3) is 44.8 Å². The molecule has 0 aliphatic heterocycles. The smallest absolute Gasteiger partial charge is 0.0178 e. The highest BCUT2D eigenvalue weighted by Crippen LogP contribution is 2.28. The standard InChI is InChI=1S/C34H30.C4H10.C3H8/c1-23(29-15-13-27-9-5-7-11-31(27)21-29)17-33-19-26(4)34(20-25(33)3)18-24(2)30-16-14-28-10-6-8-12-32(28)22-30;1-3-4-2;1-3-2/h5-22H,1-4H3;3-4H2,1-2H3;3H2,1-2H3/b23-17+,24-18+;;. The lowest BCUT2D eigenvalue weighted by atomic mass is 9.94. The van der Waals surface area contributed by atoms with E-state index in [4.69, 9.17) is 0 Å². The molecule has 0 bridgehead atoms. The molecule has 5 aromatic carbocycles. The van der Waals surface area contributed by atoms with Crippen molar-refractivity contribution >= 4 is 44.8 Å². The Morgan fingerprint density at radius 1 is 0.488 bits per heavy atom. The predicted octanol–water partition coefficient (Wildman–Crippen LogP) is 13.0. The van der Waals surface area contributed by atoms with Crippen molar-refractivity contribution in [3.8, 4) is 0 Å². The van der Waals surface area contributed by atoms with Crippen molar-refractivity contribution in [2.24, 2.45) is 0 Å². The fourth-order valence-electron chi connectivity index (χ4n) is 4.67. The molecule has 0 amide bonds. The Kier molecular flexibility index (Phi) is 12.2. The van der Waals surface area contributed by atoms with Gasteiger partial charge in [0.25, 0.3) is 0 Å². The highest BCUT2D eigenvalue weighted by Gasteiger charge is 2.06. The van der Waals surface area contributed by atoms with Crippen molar-refractivity contribution in [2.45, 2.75) is 74.7 Å². The van der Waals surface area contributed by atoms with E-state index in [2.05, 4.69) is 165 Å². The Bertz CT molecular complexity index is 1500. The van der Waals surface area contributed by atoms with Gasteiger partial charge in [-0.3, -0.25) is 0 Å². The molecule has 0 saturated carbocycles. The van der Waals surface area contributed by atoms with E-state index in [9.17, 15) is 0 Å². The zero-order chi connectivity index (χ0) is 29.8. The summed E-state index contributed by atoms with van der Waals surface area (Å²) in [6.07, 6.45) is 8.52. The number of fused-ring (bicyclic) bond motifs is 2. The molecular weight excluding hydrogens is 492 g/mol. The fraction of sp³-hybridized carbons (Fsp3) is 0.268. The average molecular weight is 541 g/mol. The lowest BCUT2D eigenvalue weighted by Crippen LogP contribution is -1.90. The van der Waals surface area contributed by atoms with Gasteiger partial charge in [0.1, 0.15) is 0 Å². The van der Waals surface area contributed by atoms with Crippen LogP contribution in [0.15, 0.2) is 97.1 Å². The number of unbranched alkanes of at least 4 members (excludes halogenated alkanes) is 1. The van der Waals surface area contributed by atoms with Gasteiger partial charge in [-0.15, -0.1) is 0 Å². The molecule has 0 spiro atoms. The van der Waals surface area contributed by atoms with Crippen LogP contribution >= 0.6 is 0 Å². The molecule has 5 aromatic rings. The van der Waals surface area contributed by atoms with E-state index in [0.717, 1.165) is 0 Å². The Morgan fingerprint density at radius 3 is 1.17 bits per heavy atom. The lowest BCUT2D eigenvalue weighted by Gasteiger charge is -2.11. The molecule has 41 heavy (non-hydrogen) atoms. The molecule has 0 aliphatic rings. The largest absolute Gasteiger partial charge is 0.0656 e. The van der Waals surface area contributed by atoms with Crippen molar-refractivity contribution in [1.29, 1.82) is 0 Å². The van der Waals surface area contributed by atoms with Gasteiger partial charge in [-0.1, -0.05) is 144 Å². The maximum atomic E-state index is 2.32. The Labute approximate surface area is 249 Å². The van der Waals surface area contributed by atoms with Crippen LogP contribution in [-0.4, -0.2) is 0 Å². The van der Waals surface area contributed by atoms with Crippen molar-refractivity contribution < 1.29 is 0 Å². The van der Waals surface area contributed by atoms with Crippen molar-refractivity contribution in [3.05, 3.63) is 130 Å². The summed E-state index contributed by atoms with van der Waals surface area (Å²) in [5.41, 5.74) is 10.3. The van der Waals surface area contributed by atoms with E-state index in [1.165, 1.54) is 85.3 Å². The predicted molar refractivity (Wildman–Crippen MR) is 187 cm³/mol. The fourth-order valence-corrected chi connectivity index (χ4v) is 4.67. The molecule has 212 valence electrons. The van der Waals surface area contributed by atoms with Crippen LogP contribution in [0.1, 0.15) is 94.2 Å². The second-order valence-electron chi connectivity index (χ2n) is 11.1. The molecular formula is C41H48. The number of aryl methyl sites for hydroxylation is 2. The normalized spacial score (nSPS) is 11.5. The number of allylic oxidation sites excluding steroid dienone is 2. The van der Waals surface area contributed by atoms with Gasteiger partial charge in [-0.2, -0.15) is 0 Å². The third-order valence-electron chi connectivity index (χ3n) is 7.31. The van der Waals surface area contributed by atoms with Crippen LogP contribution in [0, 0.1) is 13.8 Å². The van der Waals surface area contributed by atoms with Crippen LogP contribution in [0.5, 0.6) is 0 Å². The molecule has 5 rings (SSSR count). The van der Waals surface area contributed by atoms with Gasteiger partial charge in [-0.05, 0) is 106 Å². The van der Waals surface area contributed by atoms with Gasteiger partial charge in [0.05, 0.1) is 0 Å². The molecule has 0 aliphatic carbocycles. The first-order valence-corrected chi connectivity index (χ1v) is 15.3. The summed E-state index contributed by atoms with van der Waals surface area (Å²) in [7, 11) is 0. The van der Waals surface area contributed by atoms with E-state index >= 15 is 0 Å². The lowest BCUT2D eigenvalue weighted by molar-refractivity contribution is 0.886. The minimum absolute atomic E-state index is 1.25. The number of rotatable bonds is 5. The highest BCUT2D eigenvalue weighted by atomic mass is 14.1. The maximum Gasteiger partial charge on any atom is -0.0178 e. The third kappa shape index (κ3) is 8.79. The first-order chi connectivity index (χ1) is 19.8. The van der Waals surface area contributed by atoms with E-state index in [1.807, 2.05) is 0 Å². The molecule has 0 aromatic heterocycles. The number of benzene rings is 5. The summed E-state index contributed by atoms with van der Waals surface area (Å²) in [6, 6.07) is 35.2. The molecule has 0 heterocycles. The molecule has 0 fully saturated rings. The van der Waals surface area contributed by atoms with Gasteiger partial charge in [0, 0.05) is 0 Å². The molecule has 0 heteroatoms. The summed E-state index contributed by atoms with van der Waals surface area (Å²) in [5, 5.41) is 5.13. The molecule has 0 N–H and O–H groups in total. The van der Waals surface area contributed by atoms with E-state index in [0.29, 0.717) is 0 Å². The second kappa shape index (κ2) is 15.8.